The molecule has 1 aliphatic heterocycles. The number of carbonyl (C=O) groups is 1. The molecule has 0 aromatic heterocycles. The number of ether oxygens (including phenoxy) is 1. The highest BCUT2D eigenvalue weighted by Crippen LogP contribution is 2.53. The lowest BCUT2D eigenvalue weighted by Crippen LogP contribution is -2.43. The fourth-order valence-electron chi connectivity index (χ4n) is 4.77. The van der Waals surface area contributed by atoms with Crippen LogP contribution in [0.1, 0.15) is 42.1 Å². The van der Waals surface area contributed by atoms with E-state index in [1.165, 1.54) is 18.4 Å². The SMILES string of the molecule is CCCNC(=O)c1cccc(CNC2[C@@H]3C[C@@H]4CO[C@H]2[C@H]4C3)c1. The molecule has 3 aliphatic rings. The van der Waals surface area contributed by atoms with Crippen LogP contribution in [0, 0.1) is 17.8 Å². The predicted octanol–water partition coefficient (Wildman–Crippen LogP) is 2.34. The topological polar surface area (TPSA) is 50.4 Å². The van der Waals surface area contributed by atoms with E-state index < -0.39 is 0 Å². The minimum absolute atomic E-state index is 0.0237. The maximum Gasteiger partial charge on any atom is 0.251 e. The number of rotatable bonds is 6. The Kier molecular flexibility index (Phi) is 4.12. The van der Waals surface area contributed by atoms with Crippen molar-refractivity contribution in [3.63, 3.8) is 0 Å². The van der Waals surface area contributed by atoms with Gasteiger partial charge in [-0.2, -0.15) is 0 Å². The van der Waals surface area contributed by atoms with Crippen molar-refractivity contribution in [2.24, 2.45) is 17.8 Å². The van der Waals surface area contributed by atoms with Crippen LogP contribution in [0.4, 0.5) is 0 Å². The number of hydrogen-bond donors (Lipinski definition) is 2. The third-order valence-electron chi connectivity index (χ3n) is 5.84. The van der Waals surface area contributed by atoms with Gasteiger partial charge in [-0.1, -0.05) is 19.1 Å². The Balaban J connectivity index is 1.37. The zero-order chi connectivity index (χ0) is 15.8. The number of carbonyl (C=O) groups excluding carboxylic acids is 1. The first-order valence-electron chi connectivity index (χ1n) is 8.98. The summed E-state index contributed by atoms with van der Waals surface area (Å²) in [7, 11) is 0. The Morgan fingerprint density at radius 2 is 2.22 bits per heavy atom. The van der Waals surface area contributed by atoms with E-state index in [0.717, 1.165) is 49.4 Å². The standard InChI is InChI=1S/C19H26N2O2/c1-2-6-20-19(22)13-5-3-4-12(7-13)10-21-17-14-8-15-11-23-18(17)16(15)9-14/h3-5,7,14-18,21H,2,6,8-11H2,1H3,(H,20,22)/t14-,15-,16+,17?,18+/m1/s1. The summed E-state index contributed by atoms with van der Waals surface area (Å²) in [6.07, 6.45) is 4.06. The molecule has 1 saturated heterocycles. The molecule has 124 valence electrons. The molecule has 4 rings (SSSR count). The van der Waals surface area contributed by atoms with Crippen molar-refractivity contribution in [1.82, 2.24) is 10.6 Å². The summed E-state index contributed by atoms with van der Waals surface area (Å²) in [6, 6.07) is 8.45. The van der Waals surface area contributed by atoms with Crippen LogP contribution >= 0.6 is 0 Å². The van der Waals surface area contributed by atoms with Crippen molar-refractivity contribution in [1.29, 1.82) is 0 Å². The Morgan fingerprint density at radius 1 is 1.30 bits per heavy atom. The van der Waals surface area contributed by atoms with Crippen molar-refractivity contribution >= 4 is 5.91 Å². The average Bonchev–Trinajstić information content (AvgIpc) is 3.20. The first kappa shape index (κ1) is 15.2. The average molecular weight is 314 g/mol. The lowest BCUT2D eigenvalue weighted by molar-refractivity contribution is 0.0756. The van der Waals surface area contributed by atoms with Gasteiger partial charge in [0.15, 0.2) is 0 Å². The van der Waals surface area contributed by atoms with E-state index in [-0.39, 0.29) is 5.91 Å². The van der Waals surface area contributed by atoms with Gasteiger partial charge in [-0.3, -0.25) is 4.79 Å². The van der Waals surface area contributed by atoms with Crippen LogP contribution in [0.2, 0.25) is 0 Å². The lowest BCUT2D eigenvalue weighted by Gasteiger charge is -2.27. The van der Waals surface area contributed by atoms with Crippen LogP contribution in [0.15, 0.2) is 24.3 Å². The molecule has 3 fully saturated rings. The van der Waals surface area contributed by atoms with Crippen molar-refractivity contribution in [3.8, 4) is 0 Å². The fraction of sp³-hybridized carbons (Fsp3) is 0.632. The molecule has 0 spiro atoms. The van der Waals surface area contributed by atoms with Crippen LogP contribution in [-0.4, -0.2) is 31.2 Å². The Labute approximate surface area is 138 Å². The van der Waals surface area contributed by atoms with Crippen molar-refractivity contribution in [3.05, 3.63) is 35.4 Å². The summed E-state index contributed by atoms with van der Waals surface area (Å²) >= 11 is 0. The Bertz CT molecular complexity index is 586. The smallest absolute Gasteiger partial charge is 0.251 e. The summed E-state index contributed by atoms with van der Waals surface area (Å²) in [5, 5.41) is 6.65. The van der Waals surface area contributed by atoms with E-state index in [1.54, 1.807) is 0 Å². The van der Waals surface area contributed by atoms with Gasteiger partial charge in [0.1, 0.15) is 0 Å². The van der Waals surface area contributed by atoms with E-state index in [2.05, 4.69) is 23.6 Å². The van der Waals surface area contributed by atoms with Gasteiger partial charge in [-0.15, -0.1) is 0 Å². The van der Waals surface area contributed by atoms with Gasteiger partial charge in [0.05, 0.1) is 12.7 Å². The maximum atomic E-state index is 12.1. The van der Waals surface area contributed by atoms with Gasteiger partial charge < -0.3 is 15.4 Å². The third-order valence-corrected chi connectivity index (χ3v) is 5.84. The zero-order valence-electron chi connectivity index (χ0n) is 13.8. The molecule has 1 aromatic carbocycles. The highest BCUT2D eigenvalue weighted by atomic mass is 16.5. The molecule has 2 aliphatic carbocycles. The number of benzene rings is 1. The molecule has 0 radical (unpaired) electrons. The molecule has 5 atom stereocenters. The first-order chi connectivity index (χ1) is 11.3. The molecular formula is C19H26N2O2. The Hall–Kier alpha value is -1.39. The predicted molar refractivity (Wildman–Crippen MR) is 89.1 cm³/mol. The summed E-state index contributed by atoms with van der Waals surface area (Å²) in [5.74, 6) is 2.43. The fourth-order valence-corrected chi connectivity index (χ4v) is 4.77. The number of fused-ring (bicyclic) bond motifs is 1. The van der Waals surface area contributed by atoms with Crippen molar-refractivity contribution in [2.45, 2.75) is 44.9 Å². The zero-order valence-corrected chi connectivity index (χ0v) is 13.8. The molecular weight excluding hydrogens is 288 g/mol. The van der Waals surface area contributed by atoms with Gasteiger partial charge >= 0.3 is 0 Å². The van der Waals surface area contributed by atoms with Crippen molar-refractivity contribution in [2.75, 3.05) is 13.2 Å². The first-order valence-corrected chi connectivity index (χ1v) is 8.98. The van der Waals surface area contributed by atoms with Crippen LogP contribution in [0.3, 0.4) is 0 Å². The number of nitrogens with one attached hydrogen (secondary N) is 2. The lowest BCUT2D eigenvalue weighted by atomic mass is 9.87. The molecule has 1 heterocycles. The molecule has 1 amide bonds. The molecule has 2 N–H and O–H groups in total. The van der Waals surface area contributed by atoms with E-state index >= 15 is 0 Å². The van der Waals surface area contributed by atoms with E-state index in [1.807, 2.05) is 18.2 Å². The summed E-state index contributed by atoms with van der Waals surface area (Å²) in [6.45, 7) is 4.57. The molecule has 1 aromatic rings. The summed E-state index contributed by atoms with van der Waals surface area (Å²) in [4.78, 5) is 12.1. The second-order valence-electron chi connectivity index (χ2n) is 7.32. The Morgan fingerprint density at radius 3 is 3.09 bits per heavy atom. The van der Waals surface area contributed by atoms with E-state index in [4.69, 9.17) is 4.74 Å². The van der Waals surface area contributed by atoms with Gasteiger partial charge in [0.2, 0.25) is 0 Å². The van der Waals surface area contributed by atoms with Gasteiger partial charge in [-0.25, -0.2) is 0 Å². The normalized spacial score (nSPS) is 34.0. The second kappa shape index (κ2) is 6.25. The monoisotopic (exact) mass is 314 g/mol. The maximum absolute atomic E-state index is 12.1. The summed E-state index contributed by atoms with van der Waals surface area (Å²) in [5.41, 5.74) is 1.93. The highest BCUT2D eigenvalue weighted by Gasteiger charge is 2.56. The van der Waals surface area contributed by atoms with Crippen molar-refractivity contribution < 1.29 is 9.53 Å². The molecule has 2 bridgehead atoms. The second-order valence-corrected chi connectivity index (χ2v) is 7.32. The van der Waals surface area contributed by atoms with Crippen LogP contribution in [-0.2, 0) is 11.3 Å². The summed E-state index contributed by atoms with van der Waals surface area (Å²) < 4.78 is 6.01. The van der Waals surface area contributed by atoms with Crippen LogP contribution in [0.25, 0.3) is 0 Å². The van der Waals surface area contributed by atoms with Gasteiger partial charge in [0.25, 0.3) is 5.91 Å². The van der Waals surface area contributed by atoms with Gasteiger partial charge in [0, 0.05) is 24.7 Å². The molecule has 23 heavy (non-hydrogen) atoms. The largest absolute Gasteiger partial charge is 0.376 e. The van der Waals surface area contributed by atoms with Crippen LogP contribution in [0.5, 0.6) is 0 Å². The highest BCUT2D eigenvalue weighted by molar-refractivity contribution is 5.94. The minimum Gasteiger partial charge on any atom is -0.376 e. The minimum atomic E-state index is 0.0237. The van der Waals surface area contributed by atoms with Gasteiger partial charge in [-0.05, 0) is 54.7 Å². The third kappa shape index (κ3) is 2.79. The number of hydrogen-bond acceptors (Lipinski definition) is 3. The van der Waals surface area contributed by atoms with E-state index in [0.29, 0.717) is 12.1 Å². The molecule has 1 unspecified atom stereocenters. The molecule has 2 saturated carbocycles. The van der Waals surface area contributed by atoms with E-state index in [9.17, 15) is 4.79 Å². The van der Waals surface area contributed by atoms with Crippen LogP contribution < -0.4 is 10.6 Å². The molecule has 4 nitrogen and oxygen atoms in total. The quantitative estimate of drug-likeness (QED) is 0.847. The molecule has 4 heteroatoms. The number of amides is 1.